The van der Waals surface area contributed by atoms with Crippen LogP contribution in [0.15, 0.2) is 5.16 Å². The average molecular weight is 266 g/mol. The second-order valence-electron chi connectivity index (χ2n) is 6.40. The number of oxime groups is 1. The van der Waals surface area contributed by atoms with E-state index in [1.54, 1.807) is 0 Å². The molecule has 2 atom stereocenters. The summed E-state index contributed by atoms with van der Waals surface area (Å²) < 4.78 is 0. The molecule has 2 rings (SSSR count). The molecule has 0 radical (unpaired) electrons. The average Bonchev–Trinajstić information content (AvgIpc) is 2.63. The van der Waals surface area contributed by atoms with Crippen LogP contribution < -0.4 is 5.32 Å². The highest BCUT2D eigenvalue weighted by Crippen LogP contribution is 2.69. The standard InChI is InChI=1S/C14H22N2O3/c1-5-8-15-11(18)14-7-6-13(4,12(14,2)3)9(16-19)10(14)17/h19H,5-8H2,1-4H3,(H,15,18)/b16-9+. The molecule has 0 heterocycles. The van der Waals surface area contributed by atoms with E-state index in [1.165, 1.54) is 0 Å². The molecule has 5 heteroatoms. The van der Waals surface area contributed by atoms with Gasteiger partial charge in [0.25, 0.3) is 0 Å². The quantitative estimate of drug-likeness (QED) is 0.464. The molecule has 1 amide bonds. The SMILES string of the molecule is CCCNC(=O)C12CCC(C)(/C(=N/O)C1=O)C2(C)C. The van der Waals surface area contributed by atoms with Gasteiger partial charge in [0.2, 0.25) is 5.91 Å². The summed E-state index contributed by atoms with van der Waals surface area (Å²) in [5, 5.41) is 15.2. The molecule has 2 saturated carbocycles. The van der Waals surface area contributed by atoms with Gasteiger partial charge in [0, 0.05) is 12.0 Å². The molecule has 2 fully saturated rings. The molecule has 106 valence electrons. The van der Waals surface area contributed by atoms with Crippen molar-refractivity contribution in [2.75, 3.05) is 6.54 Å². The van der Waals surface area contributed by atoms with Gasteiger partial charge < -0.3 is 10.5 Å². The first-order chi connectivity index (χ1) is 8.79. The predicted molar refractivity (Wildman–Crippen MR) is 71.1 cm³/mol. The Bertz CT molecular complexity index is 469. The third-order valence-electron chi connectivity index (χ3n) is 5.59. The lowest BCUT2D eigenvalue weighted by Crippen LogP contribution is -2.50. The summed E-state index contributed by atoms with van der Waals surface area (Å²) in [4.78, 5) is 25.1. The topological polar surface area (TPSA) is 78.8 Å². The van der Waals surface area contributed by atoms with E-state index >= 15 is 0 Å². The zero-order valence-electron chi connectivity index (χ0n) is 12.0. The van der Waals surface area contributed by atoms with Gasteiger partial charge in [-0.1, -0.05) is 32.9 Å². The van der Waals surface area contributed by atoms with Crippen molar-refractivity contribution >= 4 is 17.4 Å². The van der Waals surface area contributed by atoms with E-state index in [1.807, 2.05) is 27.7 Å². The zero-order chi connectivity index (χ0) is 14.5. The molecule has 0 aliphatic heterocycles. The van der Waals surface area contributed by atoms with Gasteiger partial charge in [0.15, 0.2) is 5.78 Å². The number of nitrogens with one attached hydrogen (secondary N) is 1. The zero-order valence-corrected chi connectivity index (χ0v) is 12.0. The smallest absolute Gasteiger partial charge is 0.234 e. The summed E-state index contributed by atoms with van der Waals surface area (Å²) in [6, 6.07) is 0. The second-order valence-corrected chi connectivity index (χ2v) is 6.40. The van der Waals surface area contributed by atoms with Gasteiger partial charge >= 0.3 is 0 Å². The molecule has 19 heavy (non-hydrogen) atoms. The minimum atomic E-state index is -1.07. The first-order valence-corrected chi connectivity index (χ1v) is 6.85. The fourth-order valence-electron chi connectivity index (χ4n) is 3.84. The molecule has 2 N–H and O–H groups in total. The normalized spacial score (nSPS) is 37.9. The predicted octanol–water partition coefficient (Wildman–Crippen LogP) is 1.74. The van der Waals surface area contributed by atoms with E-state index in [4.69, 9.17) is 5.21 Å². The highest BCUT2D eigenvalue weighted by Gasteiger charge is 2.76. The van der Waals surface area contributed by atoms with Crippen molar-refractivity contribution in [1.29, 1.82) is 0 Å². The highest BCUT2D eigenvalue weighted by atomic mass is 16.4. The molecule has 0 aromatic carbocycles. The van der Waals surface area contributed by atoms with E-state index in [-0.39, 0.29) is 17.4 Å². The Labute approximate surface area is 113 Å². The summed E-state index contributed by atoms with van der Waals surface area (Å²) in [6.07, 6.45) is 2.06. The number of hydrogen-bond acceptors (Lipinski definition) is 4. The Morgan fingerprint density at radius 2 is 2.00 bits per heavy atom. The van der Waals surface area contributed by atoms with Crippen molar-refractivity contribution in [3.05, 3.63) is 0 Å². The van der Waals surface area contributed by atoms with Gasteiger partial charge in [-0.05, 0) is 24.7 Å². The number of amides is 1. The number of hydrogen-bond donors (Lipinski definition) is 2. The second kappa shape index (κ2) is 4.05. The Morgan fingerprint density at radius 3 is 2.47 bits per heavy atom. The van der Waals surface area contributed by atoms with Crippen LogP contribution in [0, 0.1) is 16.2 Å². The minimum absolute atomic E-state index is 0.162. The summed E-state index contributed by atoms with van der Waals surface area (Å²) in [7, 11) is 0. The van der Waals surface area contributed by atoms with E-state index < -0.39 is 16.2 Å². The Morgan fingerprint density at radius 1 is 1.37 bits per heavy atom. The van der Waals surface area contributed by atoms with Crippen LogP contribution in [-0.4, -0.2) is 29.2 Å². The molecule has 5 nitrogen and oxygen atoms in total. The first-order valence-electron chi connectivity index (χ1n) is 6.85. The molecule has 2 aliphatic carbocycles. The summed E-state index contributed by atoms with van der Waals surface area (Å²) >= 11 is 0. The van der Waals surface area contributed by atoms with Crippen molar-refractivity contribution in [3.8, 4) is 0 Å². The Hall–Kier alpha value is -1.39. The minimum Gasteiger partial charge on any atom is -0.411 e. The van der Waals surface area contributed by atoms with Crippen molar-refractivity contribution in [3.63, 3.8) is 0 Å². The van der Waals surface area contributed by atoms with Crippen LogP contribution in [0.25, 0.3) is 0 Å². The van der Waals surface area contributed by atoms with Crippen LogP contribution in [0.2, 0.25) is 0 Å². The molecule has 2 unspecified atom stereocenters. The number of carbonyl (C=O) groups excluding carboxylic acids is 2. The number of nitrogens with zero attached hydrogens (tertiary/aromatic N) is 1. The lowest BCUT2D eigenvalue weighted by Gasteiger charge is -2.37. The number of Topliss-reactive ketones (excluding diaryl/α,β-unsaturated/α-hetero) is 1. The van der Waals surface area contributed by atoms with Crippen LogP contribution in [0.1, 0.15) is 47.0 Å². The summed E-state index contributed by atoms with van der Waals surface area (Å²) in [5.74, 6) is -0.519. The Balaban J connectivity index is 2.51. The van der Waals surface area contributed by atoms with Crippen LogP contribution in [0.4, 0.5) is 0 Å². The van der Waals surface area contributed by atoms with Gasteiger partial charge in [0.1, 0.15) is 11.1 Å². The van der Waals surface area contributed by atoms with Gasteiger partial charge in [0.05, 0.1) is 0 Å². The van der Waals surface area contributed by atoms with Crippen LogP contribution >= 0.6 is 0 Å². The van der Waals surface area contributed by atoms with Gasteiger partial charge in [-0.2, -0.15) is 0 Å². The van der Waals surface area contributed by atoms with E-state index in [0.29, 0.717) is 19.4 Å². The molecular formula is C14H22N2O3. The van der Waals surface area contributed by atoms with Crippen molar-refractivity contribution in [2.24, 2.45) is 21.4 Å². The molecule has 2 aliphatic rings. The number of rotatable bonds is 3. The van der Waals surface area contributed by atoms with E-state index in [9.17, 15) is 9.59 Å². The van der Waals surface area contributed by atoms with E-state index in [2.05, 4.69) is 10.5 Å². The van der Waals surface area contributed by atoms with E-state index in [0.717, 1.165) is 6.42 Å². The number of fused-ring (bicyclic) bond motifs is 2. The molecule has 0 saturated heterocycles. The van der Waals surface area contributed by atoms with Crippen LogP contribution in [-0.2, 0) is 9.59 Å². The maximum absolute atomic E-state index is 12.6. The van der Waals surface area contributed by atoms with Gasteiger partial charge in [-0.15, -0.1) is 0 Å². The van der Waals surface area contributed by atoms with Crippen molar-refractivity contribution in [2.45, 2.75) is 47.0 Å². The third-order valence-corrected chi connectivity index (χ3v) is 5.59. The highest BCUT2D eigenvalue weighted by molar-refractivity contribution is 6.50. The molecule has 0 aromatic rings. The fourth-order valence-corrected chi connectivity index (χ4v) is 3.84. The van der Waals surface area contributed by atoms with Crippen LogP contribution in [0.5, 0.6) is 0 Å². The fraction of sp³-hybridized carbons (Fsp3) is 0.786. The summed E-state index contributed by atoms with van der Waals surface area (Å²) in [5.41, 5.74) is -1.97. The van der Waals surface area contributed by atoms with Gasteiger partial charge in [-0.3, -0.25) is 9.59 Å². The number of ketones is 1. The first kappa shape index (κ1) is 14.0. The molecule has 2 bridgehead atoms. The molecule has 0 spiro atoms. The van der Waals surface area contributed by atoms with Gasteiger partial charge in [-0.25, -0.2) is 0 Å². The maximum Gasteiger partial charge on any atom is 0.234 e. The lowest BCUT2D eigenvalue weighted by molar-refractivity contribution is -0.143. The molecule has 0 aromatic heterocycles. The monoisotopic (exact) mass is 266 g/mol. The third kappa shape index (κ3) is 1.33. The van der Waals surface area contributed by atoms with Crippen molar-refractivity contribution in [1.82, 2.24) is 5.32 Å². The van der Waals surface area contributed by atoms with Crippen LogP contribution in [0.3, 0.4) is 0 Å². The number of carbonyl (C=O) groups is 2. The summed E-state index contributed by atoms with van der Waals surface area (Å²) in [6.45, 7) is 8.32. The van der Waals surface area contributed by atoms with Crippen molar-refractivity contribution < 1.29 is 14.8 Å². The lowest BCUT2D eigenvalue weighted by atomic mass is 9.64. The molecular weight excluding hydrogens is 244 g/mol. The Kier molecular flexibility index (Phi) is 2.99. The maximum atomic E-state index is 12.6. The largest absolute Gasteiger partial charge is 0.411 e.